The SMILES string of the molecule is Nc1ccc(C(=O)N(Cc2cccc(F)c2)C2CC2)cc1[N+](=O)[O-]. The van der Waals surface area contributed by atoms with Crippen molar-refractivity contribution in [3.8, 4) is 0 Å². The van der Waals surface area contributed by atoms with Crippen molar-refractivity contribution in [3.63, 3.8) is 0 Å². The number of nitrogen functional groups attached to an aromatic ring is 1. The Morgan fingerprint density at radius 3 is 2.67 bits per heavy atom. The molecule has 2 aromatic carbocycles. The van der Waals surface area contributed by atoms with Gasteiger partial charge in [0.25, 0.3) is 11.6 Å². The average Bonchev–Trinajstić information content (AvgIpc) is 3.37. The van der Waals surface area contributed by atoms with Gasteiger partial charge in [-0.25, -0.2) is 4.39 Å². The summed E-state index contributed by atoms with van der Waals surface area (Å²) in [5, 5.41) is 11.0. The molecule has 3 rings (SSSR count). The number of nitrogens with zero attached hydrogens (tertiary/aromatic N) is 2. The molecule has 0 radical (unpaired) electrons. The minimum absolute atomic E-state index is 0.0136. The fourth-order valence-electron chi connectivity index (χ4n) is 2.59. The standard InChI is InChI=1S/C17H16FN3O3/c18-13-3-1-2-11(8-13)10-20(14-5-6-14)17(22)12-4-7-15(19)16(9-12)21(23)24/h1-4,7-9,14H,5-6,10,19H2. The molecule has 24 heavy (non-hydrogen) atoms. The van der Waals surface area contributed by atoms with Gasteiger partial charge in [0.1, 0.15) is 11.5 Å². The summed E-state index contributed by atoms with van der Waals surface area (Å²) in [7, 11) is 0. The Morgan fingerprint density at radius 1 is 1.29 bits per heavy atom. The summed E-state index contributed by atoms with van der Waals surface area (Å²) in [6.45, 7) is 0.263. The highest BCUT2D eigenvalue weighted by molar-refractivity contribution is 5.96. The lowest BCUT2D eigenvalue weighted by molar-refractivity contribution is -0.383. The molecule has 2 N–H and O–H groups in total. The Morgan fingerprint density at radius 2 is 2.04 bits per heavy atom. The van der Waals surface area contributed by atoms with Gasteiger partial charge < -0.3 is 10.6 Å². The van der Waals surface area contributed by atoms with Gasteiger partial charge in [0.15, 0.2) is 0 Å². The summed E-state index contributed by atoms with van der Waals surface area (Å²) in [6, 6.07) is 10.2. The number of hydrogen-bond donors (Lipinski definition) is 1. The number of rotatable bonds is 5. The molecule has 2 aromatic rings. The minimum atomic E-state index is -0.611. The second kappa shape index (κ2) is 6.27. The van der Waals surface area contributed by atoms with Crippen LogP contribution in [0.25, 0.3) is 0 Å². The van der Waals surface area contributed by atoms with Gasteiger partial charge in [0.05, 0.1) is 4.92 Å². The second-order valence-electron chi connectivity index (χ2n) is 5.82. The van der Waals surface area contributed by atoms with Crippen molar-refractivity contribution in [3.05, 3.63) is 69.5 Å². The van der Waals surface area contributed by atoms with Crippen molar-refractivity contribution >= 4 is 17.3 Å². The van der Waals surface area contributed by atoms with Crippen molar-refractivity contribution in [1.82, 2.24) is 4.90 Å². The highest BCUT2D eigenvalue weighted by Crippen LogP contribution is 2.31. The molecule has 0 unspecified atom stereocenters. The normalized spacial score (nSPS) is 13.5. The molecule has 1 aliphatic carbocycles. The molecule has 1 amide bonds. The number of carbonyl (C=O) groups excluding carboxylic acids is 1. The number of carbonyl (C=O) groups is 1. The molecule has 0 saturated heterocycles. The third-order valence-corrected chi connectivity index (χ3v) is 3.96. The van der Waals surface area contributed by atoms with Crippen LogP contribution in [0.5, 0.6) is 0 Å². The molecule has 7 heteroatoms. The van der Waals surface area contributed by atoms with E-state index in [2.05, 4.69) is 0 Å². The van der Waals surface area contributed by atoms with E-state index in [1.807, 2.05) is 0 Å². The fraction of sp³-hybridized carbons (Fsp3) is 0.235. The number of amides is 1. The third-order valence-electron chi connectivity index (χ3n) is 3.96. The number of nitro benzene ring substituents is 1. The van der Waals surface area contributed by atoms with Gasteiger partial charge in [0, 0.05) is 24.2 Å². The van der Waals surface area contributed by atoms with E-state index in [-0.39, 0.29) is 41.2 Å². The van der Waals surface area contributed by atoms with E-state index < -0.39 is 4.92 Å². The summed E-state index contributed by atoms with van der Waals surface area (Å²) in [5.41, 5.74) is 6.18. The van der Waals surface area contributed by atoms with Gasteiger partial charge in [0.2, 0.25) is 0 Å². The molecule has 0 spiro atoms. The predicted molar refractivity (Wildman–Crippen MR) is 86.8 cm³/mol. The summed E-state index contributed by atoms with van der Waals surface area (Å²) in [5.74, 6) is -0.677. The van der Waals surface area contributed by atoms with Crippen LogP contribution in [0.15, 0.2) is 42.5 Å². The first-order chi connectivity index (χ1) is 11.5. The van der Waals surface area contributed by atoms with Crippen LogP contribution >= 0.6 is 0 Å². The topological polar surface area (TPSA) is 89.5 Å². The van der Waals surface area contributed by atoms with Gasteiger partial charge in [-0.2, -0.15) is 0 Å². The molecule has 0 aliphatic heterocycles. The number of anilines is 1. The Hall–Kier alpha value is -2.96. The highest BCUT2D eigenvalue weighted by atomic mass is 19.1. The zero-order chi connectivity index (χ0) is 17.3. The van der Waals surface area contributed by atoms with Crippen molar-refractivity contribution in [2.45, 2.75) is 25.4 Å². The van der Waals surface area contributed by atoms with Gasteiger partial charge in [-0.1, -0.05) is 12.1 Å². The number of benzene rings is 2. The van der Waals surface area contributed by atoms with E-state index in [1.54, 1.807) is 17.0 Å². The van der Waals surface area contributed by atoms with E-state index in [1.165, 1.54) is 30.3 Å². The Kier molecular flexibility index (Phi) is 4.16. The maximum Gasteiger partial charge on any atom is 0.292 e. The quantitative estimate of drug-likeness (QED) is 0.518. The van der Waals surface area contributed by atoms with Crippen LogP contribution in [0.1, 0.15) is 28.8 Å². The van der Waals surface area contributed by atoms with Gasteiger partial charge >= 0.3 is 0 Å². The van der Waals surface area contributed by atoms with Crippen LogP contribution in [0.4, 0.5) is 15.8 Å². The minimum Gasteiger partial charge on any atom is -0.393 e. The lowest BCUT2D eigenvalue weighted by atomic mass is 10.1. The number of nitrogens with two attached hydrogens (primary N) is 1. The van der Waals surface area contributed by atoms with Gasteiger partial charge in [-0.05, 0) is 42.7 Å². The van der Waals surface area contributed by atoms with Crippen LogP contribution in [0.2, 0.25) is 0 Å². The molecule has 1 saturated carbocycles. The summed E-state index contributed by atoms with van der Waals surface area (Å²) in [6.07, 6.45) is 1.75. The van der Waals surface area contributed by atoms with E-state index in [0.717, 1.165) is 12.8 Å². The molecule has 0 aromatic heterocycles. The van der Waals surface area contributed by atoms with Crippen LogP contribution in [0, 0.1) is 15.9 Å². The third kappa shape index (κ3) is 3.34. The van der Waals surface area contributed by atoms with Crippen LogP contribution in [-0.4, -0.2) is 21.8 Å². The summed E-state index contributed by atoms with van der Waals surface area (Å²) >= 11 is 0. The lowest BCUT2D eigenvalue weighted by Crippen LogP contribution is -2.32. The smallest absolute Gasteiger partial charge is 0.292 e. The molecule has 0 heterocycles. The predicted octanol–water partition coefficient (Wildman–Crippen LogP) is 3.12. The van der Waals surface area contributed by atoms with Gasteiger partial charge in [-0.15, -0.1) is 0 Å². The molecular formula is C17H16FN3O3. The molecule has 6 nitrogen and oxygen atoms in total. The van der Waals surface area contributed by atoms with E-state index in [9.17, 15) is 19.3 Å². The second-order valence-corrected chi connectivity index (χ2v) is 5.82. The average molecular weight is 329 g/mol. The van der Waals surface area contributed by atoms with Crippen LogP contribution in [-0.2, 0) is 6.54 Å². The zero-order valence-corrected chi connectivity index (χ0v) is 12.8. The van der Waals surface area contributed by atoms with Crippen molar-refractivity contribution < 1.29 is 14.1 Å². The Balaban J connectivity index is 1.88. The molecule has 0 atom stereocenters. The summed E-state index contributed by atoms with van der Waals surface area (Å²) < 4.78 is 13.4. The van der Waals surface area contributed by atoms with E-state index >= 15 is 0 Å². The van der Waals surface area contributed by atoms with Gasteiger partial charge in [-0.3, -0.25) is 14.9 Å². The fourth-order valence-corrected chi connectivity index (χ4v) is 2.59. The number of nitro groups is 1. The molecule has 0 bridgehead atoms. The van der Waals surface area contributed by atoms with Crippen molar-refractivity contribution in [1.29, 1.82) is 0 Å². The highest BCUT2D eigenvalue weighted by Gasteiger charge is 2.33. The molecule has 124 valence electrons. The number of hydrogen-bond acceptors (Lipinski definition) is 4. The maximum absolute atomic E-state index is 13.4. The van der Waals surface area contributed by atoms with E-state index in [4.69, 9.17) is 5.73 Å². The van der Waals surface area contributed by atoms with Crippen LogP contribution < -0.4 is 5.73 Å². The first kappa shape index (κ1) is 15.9. The van der Waals surface area contributed by atoms with E-state index in [0.29, 0.717) is 5.56 Å². The largest absolute Gasteiger partial charge is 0.393 e. The van der Waals surface area contributed by atoms with Crippen LogP contribution in [0.3, 0.4) is 0 Å². The first-order valence-electron chi connectivity index (χ1n) is 7.55. The number of halogens is 1. The first-order valence-corrected chi connectivity index (χ1v) is 7.55. The molecular weight excluding hydrogens is 313 g/mol. The van der Waals surface area contributed by atoms with Crippen molar-refractivity contribution in [2.75, 3.05) is 5.73 Å². The lowest BCUT2D eigenvalue weighted by Gasteiger charge is -2.22. The Bertz CT molecular complexity index is 805. The molecule has 1 fully saturated rings. The maximum atomic E-state index is 13.4. The zero-order valence-electron chi connectivity index (χ0n) is 12.8. The van der Waals surface area contributed by atoms with Crippen molar-refractivity contribution in [2.24, 2.45) is 0 Å². The monoisotopic (exact) mass is 329 g/mol. The Labute approximate surface area is 137 Å². The molecule has 1 aliphatic rings. The summed E-state index contributed by atoms with van der Waals surface area (Å²) in [4.78, 5) is 24.8.